The zero-order valence-corrected chi connectivity index (χ0v) is 16.7. The highest BCUT2D eigenvalue weighted by molar-refractivity contribution is 7.98. The molecule has 9 heteroatoms. The lowest BCUT2D eigenvalue weighted by atomic mass is 10.2. The first-order chi connectivity index (χ1) is 14.7. The number of aromatic nitrogens is 4. The number of rotatable bonds is 4. The molecule has 0 atom stereocenters. The summed E-state index contributed by atoms with van der Waals surface area (Å²) in [5.74, 6) is 4.72. The van der Waals surface area contributed by atoms with Crippen LogP contribution in [-0.2, 0) is 11.5 Å². The van der Waals surface area contributed by atoms with Crippen molar-refractivity contribution in [1.29, 1.82) is 0 Å². The van der Waals surface area contributed by atoms with Crippen LogP contribution in [0.2, 0.25) is 0 Å². The fraction of sp³-hybridized carbons (Fsp3) is 0.238. The Morgan fingerprint density at radius 1 is 1.20 bits per heavy atom. The van der Waals surface area contributed by atoms with Gasteiger partial charge < -0.3 is 9.26 Å². The Kier molecular flexibility index (Phi) is 4.02. The Labute approximate surface area is 175 Å². The molecule has 1 saturated carbocycles. The van der Waals surface area contributed by atoms with Crippen molar-refractivity contribution >= 4 is 34.5 Å². The summed E-state index contributed by atoms with van der Waals surface area (Å²) in [6, 6.07) is 8.98. The highest BCUT2D eigenvalue weighted by Crippen LogP contribution is 2.40. The van der Waals surface area contributed by atoms with Gasteiger partial charge in [0.2, 0.25) is 5.88 Å². The van der Waals surface area contributed by atoms with Gasteiger partial charge in [-0.05, 0) is 37.1 Å². The zero-order valence-electron chi connectivity index (χ0n) is 15.9. The van der Waals surface area contributed by atoms with Crippen LogP contribution >= 0.6 is 11.8 Å². The van der Waals surface area contributed by atoms with Crippen molar-refractivity contribution in [2.75, 3.05) is 5.32 Å². The lowest BCUT2D eigenvalue weighted by molar-refractivity contribution is 0.254. The third-order valence-electron chi connectivity index (χ3n) is 5.32. The molecule has 0 bridgehead atoms. The summed E-state index contributed by atoms with van der Waals surface area (Å²) in [7, 11) is 0. The molecule has 8 nitrogen and oxygen atoms in total. The largest absolute Gasteiger partial charge is 0.439 e. The number of hydrogen-bond acceptors (Lipinski definition) is 7. The summed E-state index contributed by atoms with van der Waals surface area (Å²) in [4.78, 5) is 21.3. The predicted octanol–water partition coefficient (Wildman–Crippen LogP) is 4.92. The molecule has 0 saturated heterocycles. The van der Waals surface area contributed by atoms with Crippen LogP contribution in [0.5, 0.6) is 11.6 Å². The second-order valence-corrected chi connectivity index (χ2v) is 8.41. The van der Waals surface area contributed by atoms with Crippen molar-refractivity contribution in [1.82, 2.24) is 19.7 Å². The average Bonchev–Trinajstić information content (AvgIpc) is 3.15. The number of nitrogens with zero attached hydrogens (tertiary/aromatic N) is 4. The van der Waals surface area contributed by atoms with Crippen molar-refractivity contribution in [2.45, 2.75) is 30.3 Å². The molecule has 150 valence electrons. The van der Waals surface area contributed by atoms with Gasteiger partial charge in [-0.15, -0.1) is 0 Å². The van der Waals surface area contributed by atoms with E-state index in [9.17, 15) is 4.79 Å². The van der Waals surface area contributed by atoms with Gasteiger partial charge in [-0.2, -0.15) is 11.8 Å². The number of fused-ring (bicyclic) bond motifs is 2. The first-order valence-corrected chi connectivity index (χ1v) is 10.9. The van der Waals surface area contributed by atoms with E-state index in [4.69, 9.17) is 9.26 Å². The van der Waals surface area contributed by atoms with Gasteiger partial charge in [0.1, 0.15) is 17.8 Å². The molecule has 1 aliphatic carbocycles. The number of nitrogens with one attached hydrogen (secondary N) is 1. The first kappa shape index (κ1) is 17.5. The van der Waals surface area contributed by atoms with E-state index in [1.165, 1.54) is 6.33 Å². The van der Waals surface area contributed by atoms with E-state index in [1.54, 1.807) is 28.6 Å². The van der Waals surface area contributed by atoms with Crippen LogP contribution in [0, 0.1) is 0 Å². The van der Waals surface area contributed by atoms with E-state index in [0.717, 1.165) is 52.3 Å². The number of carbonyl (C=O) groups excluding carboxylic acids is 1. The highest BCUT2D eigenvalue weighted by Gasteiger charge is 2.28. The van der Waals surface area contributed by atoms with Crippen molar-refractivity contribution in [2.24, 2.45) is 0 Å². The Hall–Kier alpha value is -3.33. The molecular weight excluding hydrogens is 402 g/mol. The number of benzene rings is 1. The number of carbonyl (C=O) groups is 1. The van der Waals surface area contributed by atoms with Gasteiger partial charge in [0, 0.05) is 40.6 Å². The molecule has 1 N–H and O–H groups in total. The van der Waals surface area contributed by atoms with E-state index in [0.29, 0.717) is 23.4 Å². The van der Waals surface area contributed by atoms with Crippen molar-refractivity contribution in [3.8, 4) is 11.6 Å². The Morgan fingerprint density at radius 3 is 3.03 bits per heavy atom. The Morgan fingerprint density at radius 2 is 2.13 bits per heavy atom. The van der Waals surface area contributed by atoms with Crippen molar-refractivity contribution in [3.63, 3.8) is 0 Å². The molecule has 6 rings (SSSR count). The van der Waals surface area contributed by atoms with Crippen LogP contribution in [-0.4, -0.2) is 25.7 Å². The minimum Gasteiger partial charge on any atom is -0.439 e. The standard InChI is InChI=1S/C21H17N5O3S/c27-21(24-19-8-18(29-25-19)12-1-2-12)26-6-5-13-7-14(3-4-17(13)26)28-20-15-9-30-10-16(15)22-11-23-20/h3-8,11-12H,1-2,9-10H2,(H,24,25,27). The second-order valence-electron chi connectivity index (χ2n) is 7.42. The minimum absolute atomic E-state index is 0.292. The van der Waals surface area contributed by atoms with Gasteiger partial charge >= 0.3 is 6.03 Å². The lowest BCUT2D eigenvalue weighted by Gasteiger charge is -2.09. The number of hydrogen-bond donors (Lipinski definition) is 1. The van der Waals surface area contributed by atoms with E-state index in [-0.39, 0.29) is 6.03 Å². The summed E-state index contributed by atoms with van der Waals surface area (Å²) in [5, 5.41) is 7.62. The predicted molar refractivity (Wildman–Crippen MR) is 112 cm³/mol. The van der Waals surface area contributed by atoms with Gasteiger partial charge in [0.05, 0.1) is 11.2 Å². The van der Waals surface area contributed by atoms with Gasteiger partial charge in [0.25, 0.3) is 0 Å². The molecule has 1 fully saturated rings. The van der Waals surface area contributed by atoms with E-state index < -0.39 is 0 Å². The number of thioether (sulfide) groups is 1. The van der Waals surface area contributed by atoms with Crippen molar-refractivity contribution in [3.05, 3.63) is 59.9 Å². The van der Waals surface area contributed by atoms with E-state index in [2.05, 4.69) is 20.4 Å². The summed E-state index contributed by atoms with van der Waals surface area (Å²) in [6.45, 7) is 0. The third kappa shape index (κ3) is 3.11. The molecule has 4 aromatic rings. The monoisotopic (exact) mass is 419 g/mol. The Bertz CT molecular complexity index is 1280. The normalized spacial score (nSPS) is 15.3. The fourth-order valence-electron chi connectivity index (χ4n) is 3.59. The molecule has 1 aromatic carbocycles. The minimum atomic E-state index is -0.292. The molecule has 30 heavy (non-hydrogen) atoms. The van der Waals surface area contributed by atoms with Crippen LogP contribution in [0.15, 0.2) is 47.4 Å². The van der Waals surface area contributed by atoms with E-state index in [1.807, 2.05) is 24.3 Å². The van der Waals surface area contributed by atoms with Gasteiger partial charge in [-0.3, -0.25) is 9.88 Å². The van der Waals surface area contributed by atoms with Crippen LogP contribution in [0.4, 0.5) is 10.6 Å². The highest BCUT2D eigenvalue weighted by atomic mass is 32.2. The quantitative estimate of drug-likeness (QED) is 0.502. The number of anilines is 1. The van der Waals surface area contributed by atoms with Gasteiger partial charge in [-0.1, -0.05) is 5.16 Å². The third-order valence-corrected chi connectivity index (χ3v) is 6.29. The molecular formula is C21H17N5O3S. The molecule has 1 amide bonds. The molecule has 0 spiro atoms. The molecule has 2 aliphatic rings. The summed E-state index contributed by atoms with van der Waals surface area (Å²) in [6.07, 6.45) is 5.50. The zero-order chi connectivity index (χ0) is 20.1. The summed E-state index contributed by atoms with van der Waals surface area (Å²) < 4.78 is 12.9. The maximum Gasteiger partial charge on any atom is 0.331 e. The summed E-state index contributed by atoms with van der Waals surface area (Å²) >= 11 is 1.80. The second kappa shape index (κ2) is 6.88. The molecule has 0 unspecified atom stereocenters. The SMILES string of the molecule is O=C(Nc1cc(C2CC2)on1)n1ccc2cc(Oc3ncnc4c3CSC4)ccc21. The Balaban J connectivity index is 1.23. The van der Waals surface area contributed by atoms with E-state index >= 15 is 0 Å². The van der Waals surface area contributed by atoms with Crippen LogP contribution in [0.3, 0.4) is 0 Å². The van der Waals surface area contributed by atoms with Crippen molar-refractivity contribution < 1.29 is 14.1 Å². The van der Waals surface area contributed by atoms with Gasteiger partial charge in [0.15, 0.2) is 5.82 Å². The first-order valence-electron chi connectivity index (χ1n) is 9.72. The number of ether oxygens (including phenoxy) is 1. The summed E-state index contributed by atoms with van der Waals surface area (Å²) in [5.41, 5.74) is 2.86. The maximum absolute atomic E-state index is 12.7. The average molecular weight is 419 g/mol. The molecule has 0 radical (unpaired) electrons. The van der Waals surface area contributed by atoms with Gasteiger partial charge in [-0.25, -0.2) is 14.8 Å². The number of amides is 1. The van der Waals surface area contributed by atoms with Crippen LogP contribution in [0.1, 0.15) is 35.8 Å². The lowest BCUT2D eigenvalue weighted by Crippen LogP contribution is -2.18. The maximum atomic E-state index is 12.7. The molecule has 1 aliphatic heterocycles. The smallest absolute Gasteiger partial charge is 0.331 e. The molecule has 3 aromatic heterocycles. The molecule has 4 heterocycles. The fourth-order valence-corrected chi connectivity index (χ4v) is 4.63. The topological polar surface area (TPSA) is 95.1 Å². The van der Waals surface area contributed by atoms with Crippen LogP contribution < -0.4 is 10.1 Å². The van der Waals surface area contributed by atoms with Crippen LogP contribution in [0.25, 0.3) is 10.9 Å².